The van der Waals surface area contributed by atoms with Crippen molar-refractivity contribution < 1.29 is 5.11 Å². The first-order valence-corrected chi connectivity index (χ1v) is 4.88. The average Bonchev–Trinajstić information content (AvgIpc) is 1.85. The van der Waals surface area contributed by atoms with Gasteiger partial charge in [0.1, 0.15) is 0 Å². The maximum atomic E-state index is 9.35. The van der Waals surface area contributed by atoms with E-state index in [1.807, 2.05) is 13.8 Å². The van der Waals surface area contributed by atoms with Gasteiger partial charge in [-0.25, -0.2) is 0 Å². The number of hydrogen-bond acceptors (Lipinski definition) is 1. The summed E-state index contributed by atoms with van der Waals surface area (Å²) >= 11 is 5.52. The summed E-state index contributed by atoms with van der Waals surface area (Å²) in [5.74, 6) is 0.766. The molecule has 1 N–H and O–H groups in total. The van der Waals surface area contributed by atoms with Gasteiger partial charge >= 0.3 is 0 Å². The number of rotatable bonds is 6. The third-order valence-electron chi connectivity index (χ3n) is 1.67. The van der Waals surface area contributed by atoms with Crippen LogP contribution in [0.15, 0.2) is 0 Å². The van der Waals surface area contributed by atoms with Gasteiger partial charge in [-0.3, -0.25) is 0 Å². The minimum atomic E-state index is -0.485. The summed E-state index contributed by atoms with van der Waals surface area (Å²) in [5.41, 5.74) is -0.485. The summed E-state index contributed by atoms with van der Waals surface area (Å²) in [5, 5.41) is 9.35. The molecule has 0 bridgehead atoms. The molecule has 2 heteroatoms. The highest BCUT2D eigenvalue weighted by atomic mass is 35.5. The van der Waals surface area contributed by atoms with Crippen LogP contribution in [0.5, 0.6) is 0 Å². The second-order valence-electron chi connectivity index (χ2n) is 3.67. The van der Waals surface area contributed by atoms with Gasteiger partial charge in [0.25, 0.3) is 0 Å². The monoisotopic (exact) mass is 178 g/mol. The molecule has 0 radical (unpaired) electrons. The van der Waals surface area contributed by atoms with Gasteiger partial charge in [-0.05, 0) is 26.7 Å². The topological polar surface area (TPSA) is 20.2 Å². The molecule has 0 rings (SSSR count). The fourth-order valence-electron chi connectivity index (χ4n) is 1.01. The van der Waals surface area contributed by atoms with Crippen molar-refractivity contribution >= 4 is 11.6 Å². The lowest BCUT2D eigenvalue weighted by atomic mass is 10.0. The minimum Gasteiger partial charge on any atom is -0.390 e. The van der Waals surface area contributed by atoms with Gasteiger partial charge in [0.15, 0.2) is 0 Å². The Morgan fingerprint density at radius 3 is 2.09 bits per heavy atom. The first-order chi connectivity index (χ1) is 5.06. The van der Waals surface area contributed by atoms with Crippen LogP contribution in [0.3, 0.4) is 0 Å². The first-order valence-electron chi connectivity index (χ1n) is 4.34. The van der Waals surface area contributed by atoms with Crippen molar-refractivity contribution in [3.8, 4) is 0 Å². The molecular weight excluding hydrogens is 160 g/mol. The molecule has 0 aliphatic heterocycles. The van der Waals surface area contributed by atoms with Crippen LogP contribution in [0.25, 0.3) is 0 Å². The van der Waals surface area contributed by atoms with Crippen LogP contribution < -0.4 is 0 Å². The van der Waals surface area contributed by atoms with E-state index in [1.54, 1.807) is 0 Å². The Morgan fingerprint density at radius 2 is 1.64 bits per heavy atom. The Labute approximate surface area is 74.8 Å². The Bertz CT molecular complexity index is 86.1. The normalized spacial score (nSPS) is 12.0. The van der Waals surface area contributed by atoms with Gasteiger partial charge < -0.3 is 5.11 Å². The van der Waals surface area contributed by atoms with E-state index in [9.17, 15) is 5.11 Å². The molecular formula is C9H19ClO. The number of alkyl halides is 1. The summed E-state index contributed by atoms with van der Waals surface area (Å²) in [6, 6.07) is 0. The van der Waals surface area contributed by atoms with Gasteiger partial charge in [-0.15, -0.1) is 11.6 Å². The highest BCUT2D eigenvalue weighted by Gasteiger charge is 2.10. The fraction of sp³-hybridized carbons (Fsp3) is 1.00. The Kier molecular flexibility index (Phi) is 5.98. The maximum Gasteiger partial charge on any atom is 0.0591 e. The largest absolute Gasteiger partial charge is 0.390 e. The van der Waals surface area contributed by atoms with Crippen LogP contribution in [0.2, 0.25) is 0 Å². The molecule has 0 saturated heterocycles. The van der Waals surface area contributed by atoms with E-state index < -0.39 is 5.60 Å². The van der Waals surface area contributed by atoms with E-state index in [4.69, 9.17) is 11.6 Å². The summed E-state index contributed by atoms with van der Waals surface area (Å²) < 4.78 is 0. The van der Waals surface area contributed by atoms with Gasteiger partial charge in [0, 0.05) is 5.88 Å². The lowest BCUT2D eigenvalue weighted by molar-refractivity contribution is 0.0680. The van der Waals surface area contributed by atoms with Gasteiger partial charge in [-0.1, -0.05) is 19.3 Å². The van der Waals surface area contributed by atoms with E-state index in [1.165, 1.54) is 12.8 Å². The third kappa shape index (κ3) is 10.2. The highest BCUT2D eigenvalue weighted by molar-refractivity contribution is 6.17. The summed E-state index contributed by atoms with van der Waals surface area (Å²) in [6.45, 7) is 3.71. The standard InChI is InChI=1S/C9H19ClO/c1-9(2,11)7-5-3-4-6-8-10/h11H,3-8H2,1-2H3. The summed E-state index contributed by atoms with van der Waals surface area (Å²) in [7, 11) is 0. The van der Waals surface area contributed by atoms with E-state index in [0.717, 1.165) is 25.1 Å². The molecule has 0 heterocycles. The molecule has 0 aromatic heterocycles. The molecule has 0 unspecified atom stereocenters. The predicted molar refractivity (Wildman–Crippen MR) is 50.1 cm³/mol. The van der Waals surface area contributed by atoms with Crippen LogP contribution in [0, 0.1) is 0 Å². The smallest absolute Gasteiger partial charge is 0.0591 e. The van der Waals surface area contributed by atoms with E-state index in [-0.39, 0.29) is 0 Å². The number of unbranched alkanes of at least 4 members (excludes halogenated alkanes) is 3. The summed E-state index contributed by atoms with van der Waals surface area (Å²) in [4.78, 5) is 0. The molecule has 0 aliphatic carbocycles. The van der Waals surface area contributed by atoms with Gasteiger partial charge in [0.05, 0.1) is 5.60 Å². The third-order valence-corrected chi connectivity index (χ3v) is 1.94. The van der Waals surface area contributed by atoms with Crippen molar-refractivity contribution in [1.82, 2.24) is 0 Å². The van der Waals surface area contributed by atoms with Crippen LogP contribution in [0.4, 0.5) is 0 Å². The molecule has 0 spiro atoms. The van der Waals surface area contributed by atoms with Crippen molar-refractivity contribution in [3.05, 3.63) is 0 Å². The number of aliphatic hydroxyl groups is 1. The number of halogens is 1. The molecule has 0 aromatic carbocycles. The molecule has 0 atom stereocenters. The van der Waals surface area contributed by atoms with Gasteiger partial charge in [0.2, 0.25) is 0 Å². The summed E-state index contributed by atoms with van der Waals surface area (Å²) in [6.07, 6.45) is 5.50. The van der Waals surface area contributed by atoms with E-state index >= 15 is 0 Å². The van der Waals surface area contributed by atoms with Crippen LogP contribution in [-0.2, 0) is 0 Å². The lowest BCUT2D eigenvalue weighted by Crippen LogP contribution is -2.17. The molecule has 11 heavy (non-hydrogen) atoms. The van der Waals surface area contributed by atoms with Crippen LogP contribution >= 0.6 is 11.6 Å². The minimum absolute atomic E-state index is 0.485. The van der Waals surface area contributed by atoms with Crippen molar-refractivity contribution in [2.24, 2.45) is 0 Å². The second-order valence-corrected chi connectivity index (χ2v) is 4.04. The van der Waals surface area contributed by atoms with Crippen molar-refractivity contribution in [1.29, 1.82) is 0 Å². The zero-order chi connectivity index (χ0) is 8.74. The van der Waals surface area contributed by atoms with Crippen LogP contribution in [-0.4, -0.2) is 16.6 Å². The van der Waals surface area contributed by atoms with Crippen molar-refractivity contribution in [2.45, 2.75) is 51.6 Å². The molecule has 0 aliphatic rings. The van der Waals surface area contributed by atoms with Crippen molar-refractivity contribution in [2.75, 3.05) is 5.88 Å². The maximum absolute atomic E-state index is 9.35. The predicted octanol–water partition coefficient (Wildman–Crippen LogP) is 2.95. The second kappa shape index (κ2) is 5.84. The zero-order valence-corrected chi connectivity index (χ0v) is 8.32. The lowest BCUT2D eigenvalue weighted by Gasteiger charge is -2.16. The SMILES string of the molecule is CC(C)(O)CCCCCCCl. The van der Waals surface area contributed by atoms with E-state index in [2.05, 4.69) is 0 Å². The molecule has 0 aromatic rings. The van der Waals surface area contributed by atoms with Crippen LogP contribution in [0.1, 0.15) is 46.0 Å². The average molecular weight is 179 g/mol. The zero-order valence-electron chi connectivity index (χ0n) is 7.57. The molecule has 68 valence electrons. The van der Waals surface area contributed by atoms with E-state index in [0.29, 0.717) is 0 Å². The number of hydrogen-bond donors (Lipinski definition) is 1. The van der Waals surface area contributed by atoms with Crippen molar-refractivity contribution in [3.63, 3.8) is 0 Å². The highest BCUT2D eigenvalue weighted by Crippen LogP contribution is 2.13. The Morgan fingerprint density at radius 1 is 1.09 bits per heavy atom. The Hall–Kier alpha value is 0.250. The molecule has 0 fully saturated rings. The quantitative estimate of drug-likeness (QED) is 0.490. The first kappa shape index (κ1) is 11.2. The molecule has 1 nitrogen and oxygen atoms in total. The molecule has 0 saturated carbocycles. The fourth-order valence-corrected chi connectivity index (χ4v) is 1.19. The van der Waals surface area contributed by atoms with Gasteiger partial charge in [-0.2, -0.15) is 0 Å². The molecule has 0 amide bonds. The Balaban J connectivity index is 3.02.